The van der Waals surface area contributed by atoms with E-state index in [-0.39, 0.29) is 25.2 Å². The molecule has 0 heterocycles. The number of allylic oxidation sites excluding steroid dienone is 8. The summed E-state index contributed by atoms with van der Waals surface area (Å²) in [4.78, 5) is 24.8. The van der Waals surface area contributed by atoms with Crippen LogP contribution in [0.1, 0.15) is 175 Å². The maximum Gasteiger partial charge on any atom is 0.306 e. The standard InChI is InChI=1S/C41H72O5/c1-4-7-10-13-15-17-19-21-22-24-26-29-31-34-40(42)45-38-39(46-41(43)35-32-28-12-9-6-3)37-44-36-33-30-27-25-23-20-18-16-14-11-8-5-2/h7,10,14-17,21-22,39H,4-6,8-9,11-13,18-20,23-38H2,1-3H3/b10-7-,16-14-,17-15-,22-21-. The van der Waals surface area contributed by atoms with Crippen LogP contribution in [-0.2, 0) is 23.8 Å². The summed E-state index contributed by atoms with van der Waals surface area (Å²) < 4.78 is 17.1. The second-order valence-corrected chi connectivity index (χ2v) is 12.5. The molecule has 0 fully saturated rings. The van der Waals surface area contributed by atoms with E-state index < -0.39 is 6.10 Å². The predicted octanol–water partition coefficient (Wildman–Crippen LogP) is 12.1. The SMILES string of the molecule is CC/C=C\C/C=C\C/C=C\CCCCCC(=O)OCC(COCCCCCCCC/C=C\CCCC)OC(=O)CCCCCCC. The molecule has 266 valence electrons. The average Bonchev–Trinajstić information content (AvgIpc) is 3.05. The number of carbonyl (C=O) groups excluding carboxylic acids is 2. The first-order valence-electron chi connectivity index (χ1n) is 19.2. The predicted molar refractivity (Wildman–Crippen MR) is 196 cm³/mol. The monoisotopic (exact) mass is 645 g/mol. The molecule has 1 atom stereocenters. The second kappa shape index (κ2) is 37.3. The fourth-order valence-electron chi connectivity index (χ4n) is 4.97. The van der Waals surface area contributed by atoms with E-state index in [1.54, 1.807) is 0 Å². The lowest BCUT2D eigenvalue weighted by Crippen LogP contribution is -2.30. The molecule has 0 aliphatic heterocycles. The summed E-state index contributed by atoms with van der Waals surface area (Å²) in [7, 11) is 0. The summed E-state index contributed by atoms with van der Waals surface area (Å²) in [6.07, 6.45) is 42.7. The molecule has 0 aromatic rings. The first-order chi connectivity index (χ1) is 22.6. The molecule has 0 saturated heterocycles. The van der Waals surface area contributed by atoms with E-state index in [4.69, 9.17) is 14.2 Å². The minimum absolute atomic E-state index is 0.0673. The summed E-state index contributed by atoms with van der Waals surface area (Å²) in [6, 6.07) is 0. The van der Waals surface area contributed by atoms with Crippen molar-refractivity contribution in [2.45, 2.75) is 181 Å². The van der Waals surface area contributed by atoms with Crippen LogP contribution in [0.2, 0.25) is 0 Å². The van der Waals surface area contributed by atoms with Crippen LogP contribution in [0.4, 0.5) is 0 Å². The van der Waals surface area contributed by atoms with E-state index in [2.05, 4.69) is 69.4 Å². The number of esters is 2. The first kappa shape index (κ1) is 43.9. The molecule has 5 heteroatoms. The maximum atomic E-state index is 12.5. The Hall–Kier alpha value is -2.14. The Balaban J connectivity index is 4.18. The van der Waals surface area contributed by atoms with Gasteiger partial charge < -0.3 is 14.2 Å². The quantitative estimate of drug-likeness (QED) is 0.0396. The lowest BCUT2D eigenvalue weighted by molar-refractivity contribution is -0.163. The van der Waals surface area contributed by atoms with Crippen molar-refractivity contribution < 1.29 is 23.8 Å². The molecule has 0 N–H and O–H groups in total. The third-order valence-electron chi connectivity index (χ3n) is 7.85. The van der Waals surface area contributed by atoms with Crippen molar-refractivity contribution in [3.05, 3.63) is 48.6 Å². The number of carbonyl (C=O) groups is 2. The molecule has 0 aliphatic rings. The molecule has 0 saturated carbocycles. The van der Waals surface area contributed by atoms with Crippen molar-refractivity contribution in [3.63, 3.8) is 0 Å². The van der Waals surface area contributed by atoms with Gasteiger partial charge >= 0.3 is 11.9 Å². The van der Waals surface area contributed by atoms with E-state index in [1.165, 1.54) is 64.2 Å². The van der Waals surface area contributed by atoms with E-state index >= 15 is 0 Å². The van der Waals surface area contributed by atoms with E-state index in [9.17, 15) is 9.59 Å². The second-order valence-electron chi connectivity index (χ2n) is 12.5. The fourth-order valence-corrected chi connectivity index (χ4v) is 4.97. The molecule has 0 radical (unpaired) electrons. The largest absolute Gasteiger partial charge is 0.462 e. The van der Waals surface area contributed by atoms with E-state index in [0.717, 1.165) is 77.0 Å². The third-order valence-corrected chi connectivity index (χ3v) is 7.85. The Morgan fingerprint density at radius 3 is 1.67 bits per heavy atom. The molecule has 0 amide bonds. The molecule has 5 nitrogen and oxygen atoms in total. The summed E-state index contributed by atoms with van der Waals surface area (Å²) in [5.41, 5.74) is 0. The maximum absolute atomic E-state index is 12.5. The van der Waals surface area contributed by atoms with Gasteiger partial charge in [-0.15, -0.1) is 0 Å². The van der Waals surface area contributed by atoms with Crippen molar-refractivity contribution in [1.29, 1.82) is 0 Å². The molecule has 0 aliphatic carbocycles. The summed E-state index contributed by atoms with van der Waals surface area (Å²) in [6.45, 7) is 7.55. The van der Waals surface area contributed by atoms with Crippen LogP contribution in [0, 0.1) is 0 Å². The summed E-state index contributed by atoms with van der Waals surface area (Å²) in [5, 5.41) is 0. The Morgan fingerprint density at radius 1 is 0.500 bits per heavy atom. The van der Waals surface area contributed by atoms with Crippen LogP contribution in [0.5, 0.6) is 0 Å². The molecular weight excluding hydrogens is 572 g/mol. The van der Waals surface area contributed by atoms with E-state index in [0.29, 0.717) is 19.4 Å². The zero-order valence-electron chi connectivity index (χ0n) is 30.3. The van der Waals surface area contributed by atoms with Crippen molar-refractivity contribution in [2.75, 3.05) is 19.8 Å². The molecule has 0 aromatic carbocycles. The molecule has 0 aromatic heterocycles. The van der Waals surface area contributed by atoms with Crippen LogP contribution in [0.15, 0.2) is 48.6 Å². The third kappa shape index (κ3) is 34.7. The van der Waals surface area contributed by atoms with Crippen molar-refractivity contribution in [3.8, 4) is 0 Å². The normalized spacial score (nSPS) is 12.7. The summed E-state index contributed by atoms with van der Waals surface area (Å²) >= 11 is 0. The molecule has 0 rings (SSSR count). The Bertz CT molecular complexity index is 782. The van der Waals surface area contributed by atoms with Gasteiger partial charge in [0.1, 0.15) is 6.61 Å². The highest BCUT2D eigenvalue weighted by molar-refractivity contribution is 5.70. The molecule has 0 bridgehead atoms. The number of ether oxygens (including phenoxy) is 3. The highest BCUT2D eigenvalue weighted by Crippen LogP contribution is 2.11. The lowest BCUT2D eigenvalue weighted by atomic mass is 10.1. The topological polar surface area (TPSA) is 61.8 Å². The fraction of sp³-hybridized carbons (Fsp3) is 0.756. The molecule has 0 spiro atoms. The highest BCUT2D eigenvalue weighted by atomic mass is 16.6. The van der Waals surface area contributed by atoms with Gasteiger partial charge in [0.2, 0.25) is 0 Å². The van der Waals surface area contributed by atoms with Gasteiger partial charge in [-0.2, -0.15) is 0 Å². The van der Waals surface area contributed by atoms with E-state index in [1.807, 2.05) is 0 Å². The molecule has 46 heavy (non-hydrogen) atoms. The van der Waals surface area contributed by atoms with Crippen LogP contribution in [-0.4, -0.2) is 37.9 Å². The van der Waals surface area contributed by atoms with Crippen molar-refractivity contribution in [2.24, 2.45) is 0 Å². The number of rotatable bonds is 34. The van der Waals surface area contributed by atoms with Gasteiger partial charge in [-0.3, -0.25) is 9.59 Å². The zero-order chi connectivity index (χ0) is 33.6. The minimum atomic E-state index is -0.542. The van der Waals surface area contributed by atoms with Crippen LogP contribution in [0.3, 0.4) is 0 Å². The minimum Gasteiger partial charge on any atom is -0.462 e. The number of hydrogen-bond acceptors (Lipinski definition) is 5. The van der Waals surface area contributed by atoms with Crippen molar-refractivity contribution >= 4 is 11.9 Å². The van der Waals surface area contributed by atoms with Crippen LogP contribution < -0.4 is 0 Å². The van der Waals surface area contributed by atoms with Gasteiger partial charge in [-0.1, -0.05) is 140 Å². The van der Waals surface area contributed by atoms with Gasteiger partial charge in [0.05, 0.1) is 6.61 Å². The smallest absolute Gasteiger partial charge is 0.306 e. The first-order valence-corrected chi connectivity index (χ1v) is 19.2. The van der Waals surface area contributed by atoms with Gasteiger partial charge in [0, 0.05) is 19.4 Å². The highest BCUT2D eigenvalue weighted by Gasteiger charge is 2.17. The van der Waals surface area contributed by atoms with Gasteiger partial charge in [0.25, 0.3) is 0 Å². The van der Waals surface area contributed by atoms with Gasteiger partial charge in [-0.25, -0.2) is 0 Å². The van der Waals surface area contributed by atoms with Gasteiger partial charge in [-0.05, 0) is 70.6 Å². The molecular formula is C41H72O5. The lowest BCUT2D eigenvalue weighted by Gasteiger charge is -2.18. The number of hydrogen-bond donors (Lipinski definition) is 0. The van der Waals surface area contributed by atoms with Crippen LogP contribution >= 0.6 is 0 Å². The molecule has 1 unspecified atom stereocenters. The average molecular weight is 645 g/mol. The summed E-state index contributed by atoms with van der Waals surface area (Å²) in [5.74, 6) is -0.451. The Labute approximate surface area is 284 Å². The Morgan fingerprint density at radius 2 is 1.00 bits per heavy atom. The Kier molecular flexibility index (Phi) is 35.6. The van der Waals surface area contributed by atoms with Gasteiger partial charge in [0.15, 0.2) is 6.10 Å². The zero-order valence-corrected chi connectivity index (χ0v) is 30.3. The van der Waals surface area contributed by atoms with Crippen LogP contribution in [0.25, 0.3) is 0 Å². The van der Waals surface area contributed by atoms with Crippen molar-refractivity contribution in [1.82, 2.24) is 0 Å². The number of unbranched alkanes of at least 4 members (excludes halogenated alkanes) is 15.